The van der Waals surface area contributed by atoms with Crippen LogP contribution in [0.25, 0.3) is 10.2 Å². The molecule has 8 heteroatoms. The molecule has 3 heterocycles. The summed E-state index contributed by atoms with van der Waals surface area (Å²) in [6, 6.07) is 10.8. The van der Waals surface area contributed by atoms with Crippen molar-refractivity contribution >= 4 is 27.5 Å². The van der Waals surface area contributed by atoms with Gasteiger partial charge in [0.15, 0.2) is 0 Å². The van der Waals surface area contributed by atoms with Crippen LogP contribution in [0.2, 0.25) is 0 Å². The van der Waals surface area contributed by atoms with Crippen LogP contribution in [0, 0.1) is 0 Å². The Morgan fingerprint density at radius 1 is 1.24 bits per heavy atom. The Labute approximate surface area is 171 Å². The molecule has 0 aliphatic carbocycles. The molecule has 1 aliphatic rings. The van der Waals surface area contributed by atoms with Crippen LogP contribution < -0.4 is 11.2 Å². The van der Waals surface area contributed by atoms with E-state index in [0.717, 1.165) is 36.2 Å². The van der Waals surface area contributed by atoms with E-state index in [1.54, 1.807) is 7.05 Å². The number of aryl methyl sites for hydroxylation is 1. The Kier molecular flexibility index (Phi) is 5.64. The second-order valence-corrected chi connectivity index (χ2v) is 8.17. The molecule has 3 aromatic rings. The molecule has 0 saturated carbocycles. The molecule has 0 amide bonds. The largest absolute Gasteiger partial charge is 0.459 e. The Balaban J connectivity index is 1.62. The molecule has 1 aromatic carbocycles. The SMILES string of the molecule is Cn1c(=O)n(Cc2ccccc2)c(=O)c2cc(C(=O)OCC3CCCCO3)sc21. The number of nitrogens with zero attached hydrogens (tertiary/aromatic N) is 2. The van der Waals surface area contributed by atoms with Gasteiger partial charge in [-0.2, -0.15) is 0 Å². The molecule has 29 heavy (non-hydrogen) atoms. The van der Waals surface area contributed by atoms with Crippen molar-refractivity contribution in [1.82, 2.24) is 9.13 Å². The van der Waals surface area contributed by atoms with E-state index in [4.69, 9.17) is 9.47 Å². The first-order chi connectivity index (χ1) is 14.0. The normalized spacial score (nSPS) is 16.8. The maximum absolute atomic E-state index is 12.9. The van der Waals surface area contributed by atoms with Crippen LogP contribution >= 0.6 is 11.3 Å². The van der Waals surface area contributed by atoms with Crippen LogP contribution in [0.5, 0.6) is 0 Å². The van der Waals surface area contributed by atoms with Crippen molar-refractivity contribution in [2.75, 3.05) is 13.2 Å². The van der Waals surface area contributed by atoms with E-state index in [-0.39, 0.29) is 19.3 Å². The predicted octanol–water partition coefficient (Wildman–Crippen LogP) is 2.54. The van der Waals surface area contributed by atoms with E-state index in [2.05, 4.69) is 0 Å². The minimum absolute atomic E-state index is 0.0745. The summed E-state index contributed by atoms with van der Waals surface area (Å²) in [5, 5.41) is 0.342. The smallest absolute Gasteiger partial charge is 0.348 e. The Hall–Kier alpha value is -2.71. The summed E-state index contributed by atoms with van der Waals surface area (Å²) in [6.07, 6.45) is 2.89. The van der Waals surface area contributed by atoms with Crippen molar-refractivity contribution in [3.63, 3.8) is 0 Å². The summed E-state index contributed by atoms with van der Waals surface area (Å²) in [6.45, 7) is 1.06. The number of ether oxygens (including phenoxy) is 2. The van der Waals surface area contributed by atoms with Crippen molar-refractivity contribution in [2.24, 2.45) is 7.05 Å². The Morgan fingerprint density at radius 2 is 2.03 bits per heavy atom. The quantitative estimate of drug-likeness (QED) is 0.600. The van der Waals surface area contributed by atoms with Crippen LogP contribution in [-0.4, -0.2) is 34.4 Å². The van der Waals surface area contributed by atoms with E-state index in [1.807, 2.05) is 30.3 Å². The summed E-state index contributed by atoms with van der Waals surface area (Å²) < 4.78 is 13.6. The van der Waals surface area contributed by atoms with E-state index < -0.39 is 17.2 Å². The molecular formula is C21H22N2O5S. The number of benzene rings is 1. The van der Waals surface area contributed by atoms with Gasteiger partial charge in [-0.05, 0) is 30.9 Å². The predicted molar refractivity (Wildman–Crippen MR) is 111 cm³/mol. The standard InChI is InChI=1S/C21H22N2O5S/c1-22-19-16(18(24)23(21(22)26)12-14-7-3-2-4-8-14)11-17(29-19)20(25)28-13-15-9-5-6-10-27-15/h2-4,7-8,11,15H,5-6,9-10,12-13H2,1H3. The summed E-state index contributed by atoms with van der Waals surface area (Å²) >= 11 is 1.10. The van der Waals surface area contributed by atoms with Crippen molar-refractivity contribution in [3.05, 3.63) is 67.7 Å². The molecule has 1 atom stereocenters. The zero-order valence-electron chi connectivity index (χ0n) is 16.1. The van der Waals surface area contributed by atoms with Gasteiger partial charge in [0.1, 0.15) is 16.3 Å². The number of fused-ring (bicyclic) bond motifs is 1. The molecule has 1 saturated heterocycles. The maximum Gasteiger partial charge on any atom is 0.348 e. The van der Waals surface area contributed by atoms with Crippen LogP contribution in [0.4, 0.5) is 0 Å². The van der Waals surface area contributed by atoms with Crippen LogP contribution in [0.1, 0.15) is 34.5 Å². The highest BCUT2D eigenvalue weighted by Gasteiger charge is 2.21. The number of rotatable bonds is 5. The molecule has 1 fully saturated rings. The first-order valence-corrected chi connectivity index (χ1v) is 10.4. The zero-order chi connectivity index (χ0) is 20.4. The summed E-state index contributed by atoms with van der Waals surface area (Å²) in [4.78, 5) is 38.9. The molecule has 1 aliphatic heterocycles. The molecular weight excluding hydrogens is 392 g/mol. The number of thiophene rings is 1. The van der Waals surface area contributed by atoms with Gasteiger partial charge in [0.25, 0.3) is 5.56 Å². The van der Waals surface area contributed by atoms with Gasteiger partial charge in [0.05, 0.1) is 18.0 Å². The molecule has 1 unspecified atom stereocenters. The lowest BCUT2D eigenvalue weighted by molar-refractivity contribution is -0.0298. The first kappa shape index (κ1) is 19.6. The highest BCUT2D eigenvalue weighted by atomic mass is 32.1. The third-order valence-corrected chi connectivity index (χ3v) is 6.26. The zero-order valence-corrected chi connectivity index (χ0v) is 16.9. The number of hydrogen-bond donors (Lipinski definition) is 0. The van der Waals surface area contributed by atoms with Gasteiger partial charge in [-0.1, -0.05) is 30.3 Å². The molecule has 7 nitrogen and oxygen atoms in total. The second kappa shape index (κ2) is 8.34. The number of carbonyl (C=O) groups excluding carboxylic acids is 1. The Morgan fingerprint density at radius 3 is 2.76 bits per heavy atom. The fourth-order valence-corrected chi connectivity index (χ4v) is 4.47. The summed E-state index contributed by atoms with van der Waals surface area (Å²) in [5.74, 6) is -0.498. The lowest BCUT2D eigenvalue weighted by Crippen LogP contribution is -2.38. The highest BCUT2D eigenvalue weighted by Crippen LogP contribution is 2.23. The van der Waals surface area contributed by atoms with Gasteiger partial charge in [0, 0.05) is 13.7 Å². The topological polar surface area (TPSA) is 79.5 Å². The first-order valence-electron chi connectivity index (χ1n) is 9.60. The number of hydrogen-bond acceptors (Lipinski definition) is 6. The lowest BCUT2D eigenvalue weighted by Gasteiger charge is -2.21. The summed E-state index contributed by atoms with van der Waals surface area (Å²) in [7, 11) is 1.60. The van der Waals surface area contributed by atoms with Crippen LogP contribution in [0.15, 0.2) is 46.0 Å². The van der Waals surface area contributed by atoms with E-state index in [9.17, 15) is 14.4 Å². The molecule has 152 valence electrons. The summed E-state index contributed by atoms with van der Waals surface area (Å²) in [5.41, 5.74) is 0.0370. The lowest BCUT2D eigenvalue weighted by atomic mass is 10.1. The molecule has 0 spiro atoms. The Bertz CT molecular complexity index is 1140. The average Bonchev–Trinajstić information content (AvgIpc) is 3.21. The molecule has 4 rings (SSSR count). The highest BCUT2D eigenvalue weighted by molar-refractivity contribution is 7.20. The van der Waals surface area contributed by atoms with Gasteiger partial charge < -0.3 is 9.47 Å². The van der Waals surface area contributed by atoms with Gasteiger partial charge in [-0.15, -0.1) is 11.3 Å². The number of aromatic nitrogens is 2. The molecule has 0 N–H and O–H groups in total. The van der Waals surface area contributed by atoms with Crippen molar-refractivity contribution in [2.45, 2.75) is 31.9 Å². The molecule has 2 aromatic heterocycles. The van der Waals surface area contributed by atoms with E-state index >= 15 is 0 Å². The van der Waals surface area contributed by atoms with Crippen molar-refractivity contribution < 1.29 is 14.3 Å². The third kappa shape index (κ3) is 4.04. The van der Waals surface area contributed by atoms with Crippen LogP contribution in [0.3, 0.4) is 0 Å². The maximum atomic E-state index is 12.9. The average molecular weight is 414 g/mol. The fraction of sp³-hybridized carbons (Fsp3) is 0.381. The van der Waals surface area contributed by atoms with Crippen molar-refractivity contribution in [1.29, 1.82) is 0 Å². The molecule has 0 bridgehead atoms. The number of carbonyl (C=O) groups is 1. The van der Waals surface area contributed by atoms with Crippen LogP contribution in [-0.2, 0) is 23.1 Å². The van der Waals surface area contributed by atoms with Crippen molar-refractivity contribution in [3.8, 4) is 0 Å². The minimum Gasteiger partial charge on any atom is -0.459 e. The monoisotopic (exact) mass is 414 g/mol. The van der Waals surface area contributed by atoms with Gasteiger partial charge in [-0.3, -0.25) is 13.9 Å². The number of esters is 1. The molecule has 0 radical (unpaired) electrons. The second-order valence-electron chi connectivity index (χ2n) is 7.14. The minimum atomic E-state index is -0.498. The van der Waals surface area contributed by atoms with Gasteiger partial charge >= 0.3 is 11.7 Å². The van der Waals surface area contributed by atoms with Gasteiger partial charge in [0.2, 0.25) is 0 Å². The third-order valence-electron chi connectivity index (χ3n) is 5.07. The van der Waals surface area contributed by atoms with Gasteiger partial charge in [-0.25, -0.2) is 9.59 Å². The van der Waals surface area contributed by atoms with E-state index in [1.165, 1.54) is 15.2 Å². The fourth-order valence-electron chi connectivity index (χ4n) is 3.47. The van der Waals surface area contributed by atoms with E-state index in [0.29, 0.717) is 21.7 Å².